The second-order valence-corrected chi connectivity index (χ2v) is 6.86. The maximum absolute atomic E-state index is 4.80. The van der Waals surface area contributed by atoms with Gasteiger partial charge >= 0.3 is 0 Å². The molecule has 0 fully saturated rings. The number of hydrogen-bond acceptors (Lipinski definition) is 3. The lowest BCUT2D eigenvalue weighted by Gasteiger charge is -2.21. The first kappa shape index (κ1) is 13.8. The third-order valence-corrected chi connectivity index (χ3v) is 5.57. The number of nitrogens with zero attached hydrogens (tertiary/aromatic N) is 1. The quantitative estimate of drug-likeness (QED) is 0.669. The summed E-state index contributed by atoms with van der Waals surface area (Å²) in [7, 11) is 0. The molecule has 3 heteroatoms. The molecule has 0 saturated heterocycles. The Bertz CT molecular complexity index is 607. The highest BCUT2D eigenvalue weighted by atomic mass is 32.2. The molecule has 3 rings (SSSR count). The van der Waals surface area contributed by atoms with Gasteiger partial charge in [0.1, 0.15) is 0 Å². The summed E-state index contributed by atoms with van der Waals surface area (Å²) in [6.45, 7) is 0. The molecule has 0 saturated carbocycles. The van der Waals surface area contributed by atoms with Gasteiger partial charge in [0.25, 0.3) is 0 Å². The van der Waals surface area contributed by atoms with Crippen LogP contribution in [0.5, 0.6) is 0 Å². The Balaban J connectivity index is 1.97. The molecule has 0 bridgehead atoms. The van der Waals surface area contributed by atoms with Crippen molar-refractivity contribution in [3.63, 3.8) is 0 Å². The van der Waals surface area contributed by atoms with Crippen molar-refractivity contribution in [1.29, 1.82) is 0 Å². The van der Waals surface area contributed by atoms with Crippen LogP contribution in [0.15, 0.2) is 64.5 Å². The third-order valence-electron chi connectivity index (χ3n) is 3.41. The molecule has 0 spiro atoms. The molecule has 0 amide bonds. The van der Waals surface area contributed by atoms with E-state index in [9.17, 15) is 0 Å². The molecule has 0 aromatic heterocycles. The summed E-state index contributed by atoms with van der Waals surface area (Å²) in [6, 6.07) is 19.3. The Morgan fingerprint density at radius 3 is 2.60 bits per heavy atom. The molecule has 1 aliphatic heterocycles. The van der Waals surface area contributed by atoms with E-state index in [4.69, 9.17) is 4.99 Å². The van der Waals surface area contributed by atoms with E-state index in [2.05, 4.69) is 60.9 Å². The first-order valence-electron chi connectivity index (χ1n) is 6.79. The van der Waals surface area contributed by atoms with Gasteiger partial charge in [-0.1, -0.05) is 42.5 Å². The predicted octanol–water partition coefficient (Wildman–Crippen LogP) is 5.71. The van der Waals surface area contributed by atoms with Crippen LogP contribution in [0.25, 0.3) is 0 Å². The van der Waals surface area contributed by atoms with Crippen molar-refractivity contribution in [2.45, 2.75) is 23.0 Å². The number of para-hydroxylation sites is 1. The lowest BCUT2D eigenvalue weighted by molar-refractivity contribution is 0.845. The van der Waals surface area contributed by atoms with E-state index in [1.54, 1.807) is 11.8 Å². The maximum Gasteiger partial charge on any atom is 0.0775 e. The van der Waals surface area contributed by atoms with E-state index in [1.807, 2.05) is 11.8 Å². The average molecular weight is 299 g/mol. The topological polar surface area (TPSA) is 12.4 Å². The van der Waals surface area contributed by atoms with Crippen molar-refractivity contribution in [2.75, 3.05) is 6.26 Å². The van der Waals surface area contributed by atoms with Gasteiger partial charge in [0.05, 0.1) is 10.7 Å². The van der Waals surface area contributed by atoms with Gasteiger partial charge in [-0.05, 0) is 36.8 Å². The largest absolute Gasteiger partial charge is 0.245 e. The van der Waals surface area contributed by atoms with Crippen molar-refractivity contribution in [3.05, 3.63) is 60.2 Å². The summed E-state index contributed by atoms with van der Waals surface area (Å²) in [5.41, 5.74) is 2.53. The predicted molar refractivity (Wildman–Crippen MR) is 91.3 cm³/mol. The molecular formula is C17H17NS2. The number of fused-ring (bicyclic) bond motifs is 1. The monoisotopic (exact) mass is 299 g/mol. The normalized spacial score (nSPS) is 21.2. The Labute approximate surface area is 128 Å². The summed E-state index contributed by atoms with van der Waals surface area (Å²) in [6.07, 6.45) is 4.32. The van der Waals surface area contributed by atoms with Crippen LogP contribution < -0.4 is 0 Å². The number of hydrogen-bond donors (Lipinski definition) is 0. The molecule has 2 aromatic carbocycles. The highest BCUT2D eigenvalue weighted by Gasteiger charge is 2.18. The number of aliphatic imine (C=N–C) groups is 1. The minimum absolute atomic E-state index is 0.509. The van der Waals surface area contributed by atoms with Gasteiger partial charge in [-0.2, -0.15) is 0 Å². The van der Waals surface area contributed by atoms with Crippen molar-refractivity contribution >= 4 is 34.3 Å². The Kier molecular flexibility index (Phi) is 4.48. The smallest absolute Gasteiger partial charge is 0.0775 e. The molecule has 1 unspecified atom stereocenters. The van der Waals surface area contributed by atoms with Gasteiger partial charge in [0.15, 0.2) is 0 Å². The number of thioether (sulfide) groups is 2. The zero-order chi connectivity index (χ0) is 13.8. The summed E-state index contributed by atoms with van der Waals surface area (Å²) >= 11 is 3.71. The lowest BCUT2D eigenvalue weighted by atomic mass is 10.1. The van der Waals surface area contributed by atoms with Crippen LogP contribution in [0.3, 0.4) is 0 Å². The molecule has 1 aliphatic rings. The second-order valence-electron chi connectivity index (χ2n) is 4.73. The Morgan fingerprint density at radius 1 is 1.05 bits per heavy atom. The third kappa shape index (κ3) is 3.10. The van der Waals surface area contributed by atoms with Crippen LogP contribution in [0.2, 0.25) is 0 Å². The van der Waals surface area contributed by atoms with Crippen LogP contribution in [-0.2, 0) is 0 Å². The zero-order valence-corrected chi connectivity index (χ0v) is 13.1. The lowest BCUT2D eigenvalue weighted by Crippen LogP contribution is -2.01. The van der Waals surface area contributed by atoms with Crippen LogP contribution >= 0.6 is 23.5 Å². The zero-order valence-electron chi connectivity index (χ0n) is 11.5. The number of rotatable bonds is 1. The SMILES string of the molecule is CS/C1=N/c2ccccc2SC(c2ccccc2)CC1. The molecule has 1 nitrogen and oxygen atoms in total. The minimum Gasteiger partial charge on any atom is -0.245 e. The molecule has 1 atom stereocenters. The van der Waals surface area contributed by atoms with E-state index in [0.29, 0.717) is 5.25 Å². The van der Waals surface area contributed by atoms with Gasteiger partial charge in [-0.25, -0.2) is 4.99 Å². The van der Waals surface area contributed by atoms with Crippen molar-refractivity contribution in [3.8, 4) is 0 Å². The second kappa shape index (κ2) is 6.51. The van der Waals surface area contributed by atoms with E-state index in [-0.39, 0.29) is 0 Å². The van der Waals surface area contributed by atoms with E-state index >= 15 is 0 Å². The highest BCUT2D eigenvalue weighted by molar-refractivity contribution is 8.13. The summed E-state index contributed by atoms with van der Waals surface area (Å²) in [4.78, 5) is 6.09. The summed E-state index contributed by atoms with van der Waals surface area (Å²) in [5, 5.41) is 1.74. The van der Waals surface area contributed by atoms with Gasteiger partial charge in [-0.15, -0.1) is 23.5 Å². The van der Waals surface area contributed by atoms with Crippen LogP contribution in [-0.4, -0.2) is 11.3 Å². The molecule has 0 radical (unpaired) electrons. The highest BCUT2D eigenvalue weighted by Crippen LogP contribution is 2.44. The van der Waals surface area contributed by atoms with Crippen LogP contribution in [0, 0.1) is 0 Å². The standard InChI is InChI=1S/C17H17NS2/c1-19-17-12-11-15(13-7-3-2-4-8-13)20-16-10-6-5-9-14(16)18-17/h2-10,15H,11-12H2,1H3/b18-17+. The molecule has 20 heavy (non-hydrogen) atoms. The van der Waals surface area contributed by atoms with Gasteiger partial charge < -0.3 is 0 Å². The maximum atomic E-state index is 4.80. The van der Waals surface area contributed by atoms with Gasteiger partial charge in [-0.3, -0.25) is 0 Å². The van der Waals surface area contributed by atoms with Crippen LogP contribution in [0.1, 0.15) is 23.7 Å². The first-order chi connectivity index (χ1) is 9.86. The summed E-state index contributed by atoms with van der Waals surface area (Å²) in [5.74, 6) is 0. The molecular weight excluding hydrogens is 282 g/mol. The first-order valence-corrected chi connectivity index (χ1v) is 8.89. The molecule has 0 aliphatic carbocycles. The Hall–Kier alpha value is -1.19. The van der Waals surface area contributed by atoms with Crippen LogP contribution in [0.4, 0.5) is 5.69 Å². The molecule has 102 valence electrons. The van der Waals surface area contributed by atoms with Crippen molar-refractivity contribution in [2.24, 2.45) is 4.99 Å². The Morgan fingerprint density at radius 2 is 1.80 bits per heavy atom. The molecule has 0 N–H and O–H groups in total. The fourth-order valence-corrected chi connectivity index (χ4v) is 4.09. The molecule has 1 heterocycles. The van der Waals surface area contributed by atoms with E-state index in [1.165, 1.54) is 15.5 Å². The molecule has 2 aromatic rings. The summed E-state index contributed by atoms with van der Waals surface area (Å²) < 4.78 is 0. The fourth-order valence-electron chi connectivity index (χ4n) is 2.36. The van der Waals surface area contributed by atoms with Crippen molar-refractivity contribution < 1.29 is 0 Å². The van der Waals surface area contributed by atoms with Gasteiger partial charge in [0.2, 0.25) is 0 Å². The van der Waals surface area contributed by atoms with Gasteiger partial charge in [0, 0.05) is 10.1 Å². The van der Waals surface area contributed by atoms with Crippen molar-refractivity contribution in [1.82, 2.24) is 0 Å². The van der Waals surface area contributed by atoms with E-state index < -0.39 is 0 Å². The fraction of sp³-hybridized carbons (Fsp3) is 0.235. The average Bonchev–Trinajstić information content (AvgIpc) is 2.49. The minimum atomic E-state index is 0.509. The van der Waals surface area contributed by atoms with E-state index in [0.717, 1.165) is 18.5 Å². The number of benzene rings is 2.